The molecule has 0 saturated heterocycles. The molecule has 9 heteroatoms. The van der Waals surface area contributed by atoms with Gasteiger partial charge in [0.15, 0.2) is 0 Å². The summed E-state index contributed by atoms with van der Waals surface area (Å²) < 4.78 is 17.4. The van der Waals surface area contributed by atoms with Crippen molar-refractivity contribution in [1.82, 2.24) is 15.5 Å². The molecule has 2 N–H and O–H groups in total. The number of fused-ring (bicyclic) bond motifs is 3. The molecule has 2 atom stereocenters. The van der Waals surface area contributed by atoms with E-state index in [1.807, 2.05) is 84.9 Å². The Hall–Kier alpha value is -5.31. The zero-order valence-corrected chi connectivity index (χ0v) is 31.1. The maximum Gasteiger partial charge on any atom is 0.409 e. The molecule has 9 nitrogen and oxygen atoms in total. The van der Waals surface area contributed by atoms with Crippen LogP contribution in [0.4, 0.5) is 14.4 Å². The minimum atomic E-state index is -0.716. The maximum absolute atomic E-state index is 14.3. The second-order valence-electron chi connectivity index (χ2n) is 15.3. The summed E-state index contributed by atoms with van der Waals surface area (Å²) in [7, 11) is 0. The second-order valence-corrected chi connectivity index (χ2v) is 15.3. The lowest BCUT2D eigenvalue weighted by Gasteiger charge is -2.32. The first kappa shape index (κ1) is 37.9. The van der Waals surface area contributed by atoms with E-state index in [0.29, 0.717) is 12.8 Å². The SMILES string of the molecule is CC(C)(C)OC(=O)N[C@H](Cc1ccccc1)CN(C[C@@H](Cc1ccccc1)NC(=O)OC(C)(C)C)C(=O)OCC1c2ccccc2-c2ccccc21. The predicted octanol–water partition coefficient (Wildman–Crippen LogP) is 8.51. The third kappa shape index (κ3) is 11.1. The number of amides is 3. The smallest absolute Gasteiger partial charge is 0.409 e. The molecule has 4 aromatic carbocycles. The Kier molecular flexibility index (Phi) is 12.3. The van der Waals surface area contributed by atoms with Crippen LogP contribution in [0.3, 0.4) is 0 Å². The average Bonchev–Trinajstić information content (AvgIpc) is 3.39. The van der Waals surface area contributed by atoms with Gasteiger partial charge in [0.25, 0.3) is 0 Å². The van der Waals surface area contributed by atoms with Crippen LogP contribution in [0.15, 0.2) is 109 Å². The van der Waals surface area contributed by atoms with Gasteiger partial charge >= 0.3 is 18.3 Å². The van der Waals surface area contributed by atoms with Gasteiger partial charge < -0.3 is 29.7 Å². The Bertz CT molecular complexity index is 1680. The van der Waals surface area contributed by atoms with Crippen LogP contribution < -0.4 is 10.6 Å². The highest BCUT2D eigenvalue weighted by atomic mass is 16.6. The first-order valence-corrected chi connectivity index (χ1v) is 17.9. The molecule has 0 radical (unpaired) electrons. The second kappa shape index (κ2) is 16.8. The van der Waals surface area contributed by atoms with Gasteiger partial charge in [-0.3, -0.25) is 0 Å². The Morgan fingerprint density at radius 1 is 0.596 bits per heavy atom. The highest BCUT2D eigenvalue weighted by Crippen LogP contribution is 2.44. The van der Waals surface area contributed by atoms with Gasteiger partial charge in [0.05, 0.1) is 12.1 Å². The van der Waals surface area contributed by atoms with Crippen LogP contribution in [-0.2, 0) is 27.1 Å². The topological polar surface area (TPSA) is 106 Å². The van der Waals surface area contributed by atoms with Crippen LogP contribution in [0.25, 0.3) is 11.1 Å². The molecule has 0 spiro atoms. The summed E-state index contributed by atoms with van der Waals surface area (Å²) >= 11 is 0. The van der Waals surface area contributed by atoms with Crippen molar-refractivity contribution in [3.8, 4) is 11.1 Å². The van der Waals surface area contributed by atoms with E-state index < -0.39 is 41.6 Å². The van der Waals surface area contributed by atoms with Crippen LogP contribution in [-0.4, -0.2) is 66.2 Å². The fourth-order valence-corrected chi connectivity index (χ4v) is 6.51. The summed E-state index contributed by atoms with van der Waals surface area (Å²) in [6, 6.07) is 34.8. The molecule has 0 aromatic heterocycles. The minimum Gasteiger partial charge on any atom is -0.448 e. The third-order valence-electron chi connectivity index (χ3n) is 8.57. The number of nitrogens with one attached hydrogen (secondary N) is 2. The summed E-state index contributed by atoms with van der Waals surface area (Å²) in [6.45, 7) is 11.1. The fourth-order valence-electron chi connectivity index (χ4n) is 6.51. The quantitative estimate of drug-likeness (QED) is 0.143. The van der Waals surface area contributed by atoms with Crippen LogP contribution in [0, 0.1) is 0 Å². The molecule has 1 aliphatic carbocycles. The summed E-state index contributed by atoms with van der Waals surface area (Å²) in [4.78, 5) is 42.2. The van der Waals surface area contributed by atoms with Crippen molar-refractivity contribution in [2.45, 2.75) is 83.6 Å². The largest absolute Gasteiger partial charge is 0.448 e. The van der Waals surface area contributed by atoms with Gasteiger partial charge in [-0.1, -0.05) is 109 Å². The molecule has 1 aliphatic rings. The van der Waals surface area contributed by atoms with Crippen LogP contribution >= 0.6 is 0 Å². The van der Waals surface area contributed by atoms with Crippen LogP contribution in [0.1, 0.15) is 69.7 Å². The van der Waals surface area contributed by atoms with E-state index in [0.717, 1.165) is 33.4 Å². The molecule has 0 aliphatic heterocycles. The zero-order chi connectivity index (χ0) is 37.3. The molecule has 0 bridgehead atoms. The number of nitrogens with zero attached hydrogens (tertiary/aromatic N) is 1. The number of hydrogen-bond acceptors (Lipinski definition) is 6. The van der Waals surface area contributed by atoms with Crippen molar-refractivity contribution in [3.05, 3.63) is 131 Å². The van der Waals surface area contributed by atoms with Crippen LogP contribution in [0.2, 0.25) is 0 Å². The lowest BCUT2D eigenvalue weighted by Crippen LogP contribution is -2.53. The van der Waals surface area contributed by atoms with E-state index in [2.05, 4.69) is 34.9 Å². The molecule has 0 saturated carbocycles. The van der Waals surface area contributed by atoms with Gasteiger partial charge in [0.2, 0.25) is 0 Å². The number of alkyl carbamates (subject to hydrolysis) is 2. The molecular weight excluding hydrogens is 654 g/mol. The van der Waals surface area contributed by atoms with Gasteiger partial charge in [0, 0.05) is 19.0 Å². The summed E-state index contributed by atoms with van der Waals surface area (Å²) in [5.41, 5.74) is 4.98. The predicted molar refractivity (Wildman–Crippen MR) is 203 cm³/mol. The number of ether oxygens (including phenoxy) is 3. The third-order valence-corrected chi connectivity index (χ3v) is 8.57. The molecule has 0 fully saturated rings. The normalized spacial score (nSPS) is 13.6. The number of hydrogen-bond donors (Lipinski definition) is 2. The standard InChI is InChI=1S/C43H51N3O6/c1-42(2,3)51-39(47)44-32(25-30-17-9-7-10-18-30)27-46(28-33(26-31-19-11-8-12-20-31)45-40(48)52-43(4,5)6)41(49)50-29-38-36-23-15-13-21-34(36)35-22-14-16-24-37(35)38/h7-24,32-33,38H,25-29H2,1-6H3,(H,44,47)(H,45,48)/t32-,33-/m1/s1. The van der Waals surface area contributed by atoms with Gasteiger partial charge in [0.1, 0.15) is 17.8 Å². The van der Waals surface area contributed by atoms with E-state index in [1.165, 1.54) is 0 Å². The van der Waals surface area contributed by atoms with Crippen molar-refractivity contribution >= 4 is 18.3 Å². The lowest BCUT2D eigenvalue weighted by molar-refractivity contribution is 0.0461. The highest BCUT2D eigenvalue weighted by molar-refractivity contribution is 5.79. The Labute approximate surface area is 307 Å². The van der Waals surface area contributed by atoms with E-state index in [1.54, 1.807) is 46.4 Å². The Morgan fingerprint density at radius 3 is 1.38 bits per heavy atom. The Balaban J connectivity index is 1.44. The van der Waals surface area contributed by atoms with E-state index in [-0.39, 0.29) is 25.6 Å². The molecule has 4 aromatic rings. The fraction of sp³-hybridized carbons (Fsp3) is 0.372. The molecule has 274 valence electrons. The first-order chi connectivity index (χ1) is 24.7. The zero-order valence-electron chi connectivity index (χ0n) is 31.1. The van der Waals surface area contributed by atoms with Gasteiger partial charge in [-0.15, -0.1) is 0 Å². The van der Waals surface area contributed by atoms with Gasteiger partial charge in [-0.2, -0.15) is 0 Å². The van der Waals surface area contributed by atoms with E-state index >= 15 is 0 Å². The van der Waals surface area contributed by atoms with Crippen molar-refractivity contribution in [2.24, 2.45) is 0 Å². The van der Waals surface area contributed by atoms with Crippen molar-refractivity contribution in [1.29, 1.82) is 0 Å². The Morgan fingerprint density at radius 2 is 0.981 bits per heavy atom. The summed E-state index contributed by atoms with van der Waals surface area (Å²) in [5, 5.41) is 6.01. The highest BCUT2D eigenvalue weighted by Gasteiger charge is 2.32. The average molecular weight is 706 g/mol. The molecule has 5 rings (SSSR count). The van der Waals surface area contributed by atoms with Crippen molar-refractivity contribution < 1.29 is 28.6 Å². The monoisotopic (exact) mass is 705 g/mol. The number of carbonyl (C=O) groups excluding carboxylic acids is 3. The molecule has 3 amide bonds. The first-order valence-electron chi connectivity index (χ1n) is 17.9. The van der Waals surface area contributed by atoms with Crippen molar-refractivity contribution in [3.63, 3.8) is 0 Å². The number of carbonyl (C=O) groups is 3. The van der Waals surface area contributed by atoms with Crippen LogP contribution in [0.5, 0.6) is 0 Å². The van der Waals surface area contributed by atoms with Gasteiger partial charge in [-0.05, 0) is 87.8 Å². The molecular formula is C43H51N3O6. The summed E-state index contributed by atoms with van der Waals surface area (Å²) in [6.07, 6.45) is -0.885. The molecule has 0 heterocycles. The lowest BCUT2D eigenvalue weighted by atomic mass is 9.98. The molecule has 0 unspecified atom stereocenters. The van der Waals surface area contributed by atoms with Gasteiger partial charge in [-0.25, -0.2) is 14.4 Å². The summed E-state index contributed by atoms with van der Waals surface area (Å²) in [5.74, 6) is -0.141. The minimum absolute atomic E-state index is 0.0894. The molecule has 52 heavy (non-hydrogen) atoms. The van der Waals surface area contributed by atoms with E-state index in [9.17, 15) is 14.4 Å². The van der Waals surface area contributed by atoms with E-state index in [4.69, 9.17) is 14.2 Å². The van der Waals surface area contributed by atoms with Crippen molar-refractivity contribution in [2.75, 3.05) is 19.7 Å². The maximum atomic E-state index is 14.3. The number of rotatable bonds is 12. The number of benzene rings is 4.